The Bertz CT molecular complexity index is 692. The molecule has 0 unspecified atom stereocenters. The summed E-state index contributed by atoms with van der Waals surface area (Å²) >= 11 is 5.56. The fourth-order valence-corrected chi connectivity index (χ4v) is 1.70. The average molecular weight is 318 g/mol. The number of carboxylic acids is 1. The highest BCUT2D eigenvalue weighted by Crippen LogP contribution is 2.37. The number of nitrogens with one attached hydrogen (secondary N) is 1. The second-order valence-electron chi connectivity index (χ2n) is 3.91. The van der Waals surface area contributed by atoms with Crippen LogP contribution in [0.1, 0.15) is 16.1 Å². The van der Waals surface area contributed by atoms with E-state index in [1.54, 1.807) is 0 Å². The standard InChI is InChI=1S/C12H7ClF3N3O2/c13-6-1-2-8(7(3-6)12(14,15)16)18-10-5-17-4-9(19-10)11(20)21/h1-5H,(H,18,19)(H,20,21). The summed E-state index contributed by atoms with van der Waals surface area (Å²) < 4.78 is 38.7. The van der Waals surface area contributed by atoms with Gasteiger partial charge in [-0.1, -0.05) is 11.6 Å². The first-order chi connectivity index (χ1) is 9.77. The third kappa shape index (κ3) is 3.60. The van der Waals surface area contributed by atoms with Gasteiger partial charge in [0.15, 0.2) is 5.69 Å². The Labute approximate surface area is 121 Å². The van der Waals surface area contributed by atoms with Gasteiger partial charge in [0, 0.05) is 5.02 Å². The quantitative estimate of drug-likeness (QED) is 0.904. The highest BCUT2D eigenvalue weighted by atomic mass is 35.5. The Kier molecular flexibility index (Phi) is 3.99. The lowest BCUT2D eigenvalue weighted by atomic mass is 10.1. The van der Waals surface area contributed by atoms with Gasteiger partial charge in [-0.2, -0.15) is 13.2 Å². The summed E-state index contributed by atoms with van der Waals surface area (Å²) in [6, 6.07) is 3.16. The number of halogens is 4. The smallest absolute Gasteiger partial charge is 0.418 e. The van der Waals surface area contributed by atoms with Crippen molar-refractivity contribution in [2.24, 2.45) is 0 Å². The van der Waals surface area contributed by atoms with Gasteiger partial charge in [-0.15, -0.1) is 0 Å². The third-order valence-electron chi connectivity index (χ3n) is 2.40. The summed E-state index contributed by atoms with van der Waals surface area (Å²) in [5, 5.41) is 11.1. The van der Waals surface area contributed by atoms with Gasteiger partial charge in [-0.25, -0.2) is 9.78 Å². The molecule has 0 fully saturated rings. The monoisotopic (exact) mass is 317 g/mol. The Balaban J connectivity index is 2.40. The summed E-state index contributed by atoms with van der Waals surface area (Å²) in [6.07, 6.45) is -2.52. The van der Waals surface area contributed by atoms with Crippen LogP contribution in [-0.2, 0) is 6.18 Å². The van der Waals surface area contributed by atoms with Crippen LogP contribution < -0.4 is 5.32 Å². The lowest BCUT2D eigenvalue weighted by Gasteiger charge is -2.14. The van der Waals surface area contributed by atoms with E-state index in [-0.39, 0.29) is 22.2 Å². The minimum Gasteiger partial charge on any atom is -0.476 e. The zero-order valence-electron chi connectivity index (χ0n) is 10.1. The molecule has 9 heteroatoms. The lowest BCUT2D eigenvalue weighted by Crippen LogP contribution is -2.10. The van der Waals surface area contributed by atoms with E-state index in [1.165, 1.54) is 6.07 Å². The molecule has 21 heavy (non-hydrogen) atoms. The maximum atomic E-state index is 12.9. The number of benzene rings is 1. The van der Waals surface area contributed by atoms with Crippen molar-refractivity contribution >= 4 is 29.1 Å². The number of nitrogens with zero attached hydrogens (tertiary/aromatic N) is 2. The normalized spacial score (nSPS) is 11.2. The number of carboxylic acid groups (broad SMARTS) is 1. The highest BCUT2D eigenvalue weighted by Gasteiger charge is 2.34. The van der Waals surface area contributed by atoms with E-state index in [0.29, 0.717) is 0 Å². The van der Waals surface area contributed by atoms with Crippen LogP contribution >= 0.6 is 11.6 Å². The molecule has 1 aromatic carbocycles. The minimum atomic E-state index is -4.62. The molecule has 0 amide bonds. The zero-order valence-corrected chi connectivity index (χ0v) is 10.9. The fourth-order valence-electron chi connectivity index (χ4n) is 1.53. The number of carbonyl (C=O) groups is 1. The minimum absolute atomic E-state index is 0.0711. The molecule has 2 rings (SSSR count). The highest BCUT2D eigenvalue weighted by molar-refractivity contribution is 6.30. The van der Waals surface area contributed by atoms with Gasteiger partial charge < -0.3 is 10.4 Å². The molecular weight excluding hydrogens is 311 g/mol. The summed E-state index contributed by atoms with van der Waals surface area (Å²) in [6.45, 7) is 0. The Morgan fingerprint density at radius 3 is 2.62 bits per heavy atom. The molecule has 2 aromatic rings. The van der Waals surface area contributed by atoms with Crippen LogP contribution in [0.3, 0.4) is 0 Å². The van der Waals surface area contributed by atoms with Crippen molar-refractivity contribution in [2.75, 3.05) is 5.32 Å². The number of hydrogen-bond donors (Lipinski definition) is 2. The maximum absolute atomic E-state index is 12.9. The Hall–Kier alpha value is -2.35. The van der Waals surface area contributed by atoms with Crippen LogP contribution in [0.5, 0.6) is 0 Å². The molecule has 0 aliphatic heterocycles. The average Bonchev–Trinajstić information content (AvgIpc) is 2.40. The second kappa shape index (κ2) is 5.57. The van der Waals surface area contributed by atoms with Crippen molar-refractivity contribution in [3.8, 4) is 0 Å². The van der Waals surface area contributed by atoms with Gasteiger partial charge in [-0.05, 0) is 18.2 Å². The van der Waals surface area contributed by atoms with Crippen molar-refractivity contribution in [3.05, 3.63) is 46.9 Å². The summed E-state index contributed by atoms with van der Waals surface area (Å²) in [5.74, 6) is -1.46. The Morgan fingerprint density at radius 1 is 1.29 bits per heavy atom. The van der Waals surface area contributed by atoms with E-state index < -0.39 is 17.7 Å². The van der Waals surface area contributed by atoms with E-state index in [4.69, 9.17) is 16.7 Å². The SMILES string of the molecule is O=C(O)c1cncc(Nc2ccc(Cl)cc2C(F)(F)F)n1. The van der Waals surface area contributed by atoms with Crippen molar-refractivity contribution < 1.29 is 23.1 Å². The summed E-state index contributed by atoms with van der Waals surface area (Å²) in [7, 11) is 0. The van der Waals surface area contributed by atoms with Gasteiger partial charge in [0.05, 0.1) is 23.6 Å². The first-order valence-electron chi connectivity index (χ1n) is 5.46. The van der Waals surface area contributed by atoms with Crippen LogP contribution in [0, 0.1) is 0 Å². The predicted octanol–water partition coefficient (Wildman–Crippen LogP) is 3.59. The molecule has 0 saturated heterocycles. The number of aromatic carboxylic acids is 1. The second-order valence-corrected chi connectivity index (χ2v) is 4.34. The van der Waals surface area contributed by atoms with Crippen molar-refractivity contribution in [3.63, 3.8) is 0 Å². The van der Waals surface area contributed by atoms with E-state index in [9.17, 15) is 18.0 Å². The molecule has 0 bridgehead atoms. The summed E-state index contributed by atoms with van der Waals surface area (Å²) in [4.78, 5) is 18.0. The molecular formula is C12H7ClF3N3O2. The molecule has 110 valence electrons. The third-order valence-corrected chi connectivity index (χ3v) is 2.64. The van der Waals surface area contributed by atoms with Crippen LogP contribution in [0.2, 0.25) is 5.02 Å². The van der Waals surface area contributed by atoms with Gasteiger partial charge in [0.2, 0.25) is 0 Å². The number of hydrogen-bond acceptors (Lipinski definition) is 4. The molecule has 0 spiro atoms. The van der Waals surface area contributed by atoms with Gasteiger partial charge >= 0.3 is 12.1 Å². The number of aromatic nitrogens is 2. The van der Waals surface area contributed by atoms with Crippen LogP contribution in [0.15, 0.2) is 30.6 Å². The zero-order chi connectivity index (χ0) is 15.6. The van der Waals surface area contributed by atoms with Gasteiger partial charge in [-0.3, -0.25) is 4.98 Å². The van der Waals surface area contributed by atoms with E-state index in [0.717, 1.165) is 24.5 Å². The fraction of sp³-hybridized carbons (Fsp3) is 0.0833. The first kappa shape index (κ1) is 15.0. The van der Waals surface area contributed by atoms with Crippen molar-refractivity contribution in [1.82, 2.24) is 9.97 Å². The molecule has 0 aliphatic rings. The number of alkyl halides is 3. The van der Waals surface area contributed by atoms with E-state index in [1.807, 2.05) is 0 Å². The molecule has 1 aromatic heterocycles. The van der Waals surface area contributed by atoms with E-state index in [2.05, 4.69) is 15.3 Å². The van der Waals surface area contributed by atoms with E-state index >= 15 is 0 Å². The maximum Gasteiger partial charge on any atom is 0.418 e. The topological polar surface area (TPSA) is 75.1 Å². The van der Waals surface area contributed by atoms with Crippen LogP contribution in [0.4, 0.5) is 24.7 Å². The van der Waals surface area contributed by atoms with Gasteiger partial charge in [0.1, 0.15) is 5.82 Å². The lowest BCUT2D eigenvalue weighted by molar-refractivity contribution is -0.136. The van der Waals surface area contributed by atoms with Crippen LogP contribution in [0.25, 0.3) is 0 Å². The van der Waals surface area contributed by atoms with Crippen LogP contribution in [-0.4, -0.2) is 21.0 Å². The molecule has 0 saturated carbocycles. The number of rotatable bonds is 3. The summed E-state index contributed by atoms with van der Waals surface area (Å²) in [5.41, 5.74) is -1.68. The van der Waals surface area contributed by atoms with Crippen molar-refractivity contribution in [1.29, 1.82) is 0 Å². The van der Waals surface area contributed by atoms with Gasteiger partial charge in [0.25, 0.3) is 0 Å². The molecule has 5 nitrogen and oxygen atoms in total. The largest absolute Gasteiger partial charge is 0.476 e. The van der Waals surface area contributed by atoms with Crippen molar-refractivity contribution in [2.45, 2.75) is 6.18 Å². The molecule has 0 radical (unpaired) electrons. The molecule has 0 aliphatic carbocycles. The first-order valence-corrected chi connectivity index (χ1v) is 5.84. The molecule has 2 N–H and O–H groups in total. The molecule has 1 heterocycles. The Morgan fingerprint density at radius 2 is 2.00 bits per heavy atom. The number of anilines is 2. The predicted molar refractivity (Wildman–Crippen MR) is 68.7 cm³/mol. The molecule has 0 atom stereocenters.